The summed E-state index contributed by atoms with van der Waals surface area (Å²) in [6.07, 6.45) is 8.33. The molecule has 10 heteroatoms. The van der Waals surface area contributed by atoms with Crippen LogP contribution in [-0.4, -0.2) is 35.2 Å². The van der Waals surface area contributed by atoms with E-state index in [0.29, 0.717) is 22.3 Å². The summed E-state index contributed by atoms with van der Waals surface area (Å²) in [5, 5.41) is 21.5. The van der Waals surface area contributed by atoms with E-state index in [0.717, 1.165) is 40.6 Å². The molecular formula is C24H16N8OS. The number of nitrogens with zero attached hydrogens (tertiary/aromatic N) is 7. The van der Waals surface area contributed by atoms with E-state index in [9.17, 15) is 10.1 Å². The second-order valence-corrected chi connectivity index (χ2v) is 8.68. The first kappa shape index (κ1) is 20.1. The smallest absolute Gasteiger partial charge is 0.267 e. The van der Waals surface area contributed by atoms with Gasteiger partial charge in [0.05, 0.1) is 35.5 Å². The lowest BCUT2D eigenvalue weighted by Gasteiger charge is -2.09. The number of rotatable bonds is 5. The van der Waals surface area contributed by atoms with Gasteiger partial charge in [0.15, 0.2) is 5.82 Å². The molecular weight excluding hydrogens is 448 g/mol. The van der Waals surface area contributed by atoms with E-state index in [4.69, 9.17) is 4.37 Å². The van der Waals surface area contributed by atoms with E-state index in [1.807, 2.05) is 30.3 Å². The molecule has 4 heterocycles. The number of nitrogens with one attached hydrogen (secondary N) is 1. The minimum absolute atomic E-state index is 0.254. The second kappa shape index (κ2) is 8.13. The first-order chi connectivity index (χ1) is 16.7. The molecule has 1 saturated carbocycles. The Morgan fingerprint density at radius 3 is 2.76 bits per heavy atom. The summed E-state index contributed by atoms with van der Waals surface area (Å²) in [5.74, 6) is 0.343. The van der Waals surface area contributed by atoms with Crippen molar-refractivity contribution in [2.45, 2.75) is 18.8 Å². The summed E-state index contributed by atoms with van der Waals surface area (Å²) in [5.41, 5.74) is 4.36. The molecule has 0 unspecified atom stereocenters. The standard InChI is InChI=1S/C24H16N8OS/c25-12-15-11-16(13-27-23(15)32-28-9-10-29-32)30-24(33)22-20(14-6-7-14)21(31-34-22)18-3-1-5-19-17(18)4-2-8-26-19/h1-5,8-11,13-14H,6-7H2,(H,30,33). The Morgan fingerprint density at radius 1 is 1.12 bits per heavy atom. The first-order valence-electron chi connectivity index (χ1n) is 10.6. The lowest BCUT2D eigenvalue weighted by Crippen LogP contribution is -2.13. The number of amides is 1. The third kappa shape index (κ3) is 3.48. The van der Waals surface area contributed by atoms with Gasteiger partial charge < -0.3 is 5.32 Å². The van der Waals surface area contributed by atoms with E-state index in [1.54, 1.807) is 12.3 Å². The number of nitriles is 1. The molecule has 1 aliphatic rings. The van der Waals surface area contributed by atoms with Crippen LogP contribution >= 0.6 is 11.5 Å². The summed E-state index contributed by atoms with van der Waals surface area (Å²) >= 11 is 1.19. The Morgan fingerprint density at radius 2 is 1.97 bits per heavy atom. The Bertz CT molecular complexity index is 1580. The lowest BCUT2D eigenvalue weighted by molar-refractivity contribution is 0.102. The second-order valence-electron chi connectivity index (χ2n) is 7.90. The Kier molecular flexibility index (Phi) is 4.82. The van der Waals surface area contributed by atoms with E-state index in [2.05, 4.69) is 31.6 Å². The van der Waals surface area contributed by atoms with E-state index < -0.39 is 0 Å². The highest BCUT2D eigenvalue weighted by Crippen LogP contribution is 2.48. The maximum absolute atomic E-state index is 13.3. The average Bonchev–Trinajstić information content (AvgIpc) is 3.38. The zero-order valence-electron chi connectivity index (χ0n) is 17.7. The van der Waals surface area contributed by atoms with Crippen LogP contribution in [0.5, 0.6) is 0 Å². The number of benzene rings is 1. The Labute approximate surface area is 197 Å². The molecule has 0 bridgehead atoms. The van der Waals surface area contributed by atoms with Crippen molar-refractivity contribution in [1.82, 2.24) is 29.3 Å². The summed E-state index contributed by atoms with van der Waals surface area (Å²) in [6.45, 7) is 0. The van der Waals surface area contributed by atoms with Gasteiger partial charge in [0.1, 0.15) is 16.5 Å². The Balaban J connectivity index is 1.36. The highest BCUT2D eigenvalue weighted by atomic mass is 32.1. The first-order valence-corrected chi connectivity index (χ1v) is 11.4. The number of carbonyl (C=O) groups is 1. The molecule has 4 aromatic heterocycles. The number of carbonyl (C=O) groups excluding carboxylic acids is 1. The van der Waals surface area contributed by atoms with Crippen molar-refractivity contribution in [2.24, 2.45) is 0 Å². The van der Waals surface area contributed by atoms with Crippen molar-refractivity contribution in [3.05, 3.63) is 77.2 Å². The van der Waals surface area contributed by atoms with Crippen molar-refractivity contribution in [1.29, 1.82) is 5.26 Å². The van der Waals surface area contributed by atoms with E-state index in [-0.39, 0.29) is 11.5 Å². The monoisotopic (exact) mass is 464 g/mol. The fourth-order valence-corrected chi connectivity index (χ4v) is 4.87. The summed E-state index contributed by atoms with van der Waals surface area (Å²) in [7, 11) is 0. The maximum Gasteiger partial charge on any atom is 0.267 e. The number of pyridine rings is 2. The van der Waals surface area contributed by atoms with Crippen molar-refractivity contribution in [3.63, 3.8) is 0 Å². The minimum atomic E-state index is -0.264. The van der Waals surface area contributed by atoms with Crippen molar-refractivity contribution in [3.8, 4) is 23.1 Å². The van der Waals surface area contributed by atoms with Crippen LogP contribution in [0.3, 0.4) is 0 Å². The van der Waals surface area contributed by atoms with Crippen LogP contribution in [-0.2, 0) is 0 Å². The van der Waals surface area contributed by atoms with E-state index in [1.165, 1.54) is 34.9 Å². The van der Waals surface area contributed by atoms with E-state index >= 15 is 0 Å². The lowest BCUT2D eigenvalue weighted by atomic mass is 9.99. The van der Waals surface area contributed by atoms with Gasteiger partial charge in [0.2, 0.25) is 0 Å². The normalized spacial score (nSPS) is 13.0. The molecule has 9 nitrogen and oxygen atoms in total. The molecule has 34 heavy (non-hydrogen) atoms. The SMILES string of the molecule is N#Cc1cc(NC(=O)c2snc(-c3cccc4ncccc34)c2C2CC2)cnc1-n1nccn1. The van der Waals surface area contributed by atoms with Gasteiger partial charge in [-0.1, -0.05) is 18.2 Å². The van der Waals surface area contributed by atoms with Gasteiger partial charge in [-0.25, -0.2) is 4.98 Å². The summed E-state index contributed by atoms with van der Waals surface area (Å²) in [4.78, 5) is 23.9. The molecule has 1 fully saturated rings. The number of aromatic nitrogens is 6. The predicted octanol–water partition coefficient (Wildman–Crippen LogP) is 4.34. The molecule has 0 saturated heterocycles. The number of hydrogen-bond acceptors (Lipinski definition) is 8. The molecule has 0 atom stereocenters. The fraction of sp³-hybridized carbons (Fsp3) is 0.125. The Hall–Kier alpha value is -4.49. The van der Waals surface area contributed by atoms with Crippen molar-refractivity contribution < 1.29 is 4.79 Å². The topological polar surface area (TPSA) is 122 Å². The summed E-state index contributed by atoms with van der Waals surface area (Å²) < 4.78 is 4.71. The predicted molar refractivity (Wildman–Crippen MR) is 127 cm³/mol. The van der Waals surface area contributed by atoms with Crippen LogP contribution in [0.1, 0.15) is 39.6 Å². The third-order valence-electron chi connectivity index (χ3n) is 5.67. The van der Waals surface area contributed by atoms with Crippen molar-refractivity contribution in [2.75, 3.05) is 5.32 Å². The van der Waals surface area contributed by atoms with Gasteiger partial charge >= 0.3 is 0 Å². The van der Waals surface area contributed by atoms with Crippen LogP contribution < -0.4 is 5.32 Å². The molecule has 1 aromatic carbocycles. The molecule has 1 aliphatic carbocycles. The van der Waals surface area contributed by atoms with Crippen LogP contribution in [0, 0.1) is 11.3 Å². The maximum atomic E-state index is 13.3. The molecule has 0 aliphatic heterocycles. The zero-order chi connectivity index (χ0) is 23.1. The molecule has 164 valence electrons. The van der Waals surface area contributed by atoms with Gasteiger partial charge in [-0.2, -0.15) is 19.8 Å². The van der Waals surface area contributed by atoms with Crippen LogP contribution in [0.4, 0.5) is 5.69 Å². The molecule has 6 rings (SSSR count). The van der Waals surface area contributed by atoms with Crippen LogP contribution in [0.2, 0.25) is 0 Å². The zero-order valence-corrected chi connectivity index (χ0v) is 18.5. The van der Waals surface area contributed by atoms with Gasteiger partial charge in [0.25, 0.3) is 5.91 Å². The number of anilines is 1. The average molecular weight is 465 g/mol. The van der Waals surface area contributed by atoms with Crippen molar-refractivity contribution >= 4 is 34.0 Å². The highest BCUT2D eigenvalue weighted by molar-refractivity contribution is 7.08. The largest absolute Gasteiger partial charge is 0.320 e. The molecule has 1 N–H and O–H groups in total. The fourth-order valence-electron chi connectivity index (χ4n) is 4.00. The molecule has 0 spiro atoms. The highest BCUT2D eigenvalue weighted by Gasteiger charge is 2.34. The quantitative estimate of drug-likeness (QED) is 0.411. The molecule has 0 radical (unpaired) electrons. The summed E-state index contributed by atoms with van der Waals surface area (Å²) in [6, 6.07) is 13.6. The molecule has 1 amide bonds. The van der Waals surface area contributed by atoms with Crippen LogP contribution in [0.25, 0.3) is 28.0 Å². The number of hydrogen-bond donors (Lipinski definition) is 1. The van der Waals surface area contributed by atoms with Gasteiger partial charge in [0, 0.05) is 22.7 Å². The number of fused-ring (bicyclic) bond motifs is 1. The van der Waals surface area contributed by atoms with Gasteiger partial charge in [-0.05, 0) is 48.5 Å². The van der Waals surface area contributed by atoms with Gasteiger partial charge in [-0.3, -0.25) is 9.78 Å². The minimum Gasteiger partial charge on any atom is -0.320 e. The third-order valence-corrected chi connectivity index (χ3v) is 6.54. The van der Waals surface area contributed by atoms with Gasteiger partial charge in [-0.15, -0.1) is 4.80 Å². The molecule has 5 aromatic rings. The van der Waals surface area contributed by atoms with Crippen LogP contribution in [0.15, 0.2) is 61.2 Å².